The van der Waals surface area contributed by atoms with Crippen molar-refractivity contribution in [1.82, 2.24) is 0 Å². The predicted molar refractivity (Wildman–Crippen MR) is 14.3 cm³/mol. The molecule has 0 aliphatic heterocycles. The first kappa shape index (κ1) is 39.1. The molecule has 0 aromatic rings. The van der Waals surface area contributed by atoms with Crippen molar-refractivity contribution < 1.29 is 104 Å². The Morgan fingerprint density at radius 2 is 0.700 bits per heavy atom. The topological polar surface area (TPSA) is 77.8 Å². The molecule has 10 radical (unpaired) electrons. The lowest BCUT2D eigenvalue weighted by Crippen LogP contribution is -1.66. The Morgan fingerprint density at radius 1 is 0.700 bits per heavy atom. The van der Waals surface area contributed by atoms with Crippen molar-refractivity contribution in [2.45, 2.75) is 0 Å². The molecule has 10 heteroatoms. The first-order chi connectivity index (χ1) is 2.00. The summed E-state index contributed by atoms with van der Waals surface area (Å²) in [5, 5.41) is 0. The van der Waals surface area contributed by atoms with Crippen molar-refractivity contribution in [3.8, 4) is 0 Å². The second kappa shape index (κ2) is 17.6. The van der Waals surface area contributed by atoms with Crippen LogP contribution >= 0.6 is 7.82 Å². The second-order valence-electron chi connectivity index (χ2n) is 0.513. The molecule has 0 saturated carbocycles. The molecule has 62 valence electrons. The lowest BCUT2D eigenvalue weighted by Gasteiger charge is -1.82. The first-order valence-corrected chi connectivity index (χ1v) is 2.35. The van der Waals surface area contributed by atoms with E-state index in [1.165, 1.54) is 0 Å². The van der Waals surface area contributed by atoms with Crippen molar-refractivity contribution in [3.63, 3.8) is 0 Å². The molecule has 0 aromatic heterocycles. The molecule has 0 aromatic carbocycles. The van der Waals surface area contributed by atoms with Gasteiger partial charge in [0.25, 0.3) is 0 Å². The van der Waals surface area contributed by atoms with Gasteiger partial charge in [-0.2, -0.15) is 0 Å². The number of phosphoric acid groups is 1. The van der Waals surface area contributed by atoms with Gasteiger partial charge < -0.3 is 14.7 Å². The lowest BCUT2D eigenvalue weighted by molar-refractivity contribution is -0.00100. The molecule has 0 unspecified atom stereocenters. The van der Waals surface area contributed by atoms with E-state index in [0.717, 1.165) is 0 Å². The molecule has 0 aliphatic carbocycles. The number of hydrogen-bond donors (Lipinski definition) is 3. The highest BCUT2D eigenvalue weighted by molar-refractivity contribution is 7.45. The van der Waals surface area contributed by atoms with Gasteiger partial charge in [-0.3, -0.25) is 0 Å². The third kappa shape index (κ3) is 151. The molecule has 0 amide bonds. The van der Waals surface area contributed by atoms with Gasteiger partial charge in [0.05, 0.1) is 0 Å². The van der Waals surface area contributed by atoms with E-state index in [2.05, 4.69) is 0 Å². The highest BCUT2D eigenvalue weighted by Gasteiger charge is 2.00. The zero-order valence-electron chi connectivity index (χ0n) is 4.09. The number of rotatable bonds is 0. The van der Waals surface area contributed by atoms with Crippen molar-refractivity contribution >= 4 is 7.82 Å². The van der Waals surface area contributed by atoms with E-state index in [0.29, 0.717) is 0 Å². The maximum Gasteiger partial charge on any atom is 1.00 e. The van der Waals surface area contributed by atoms with Crippen molar-refractivity contribution in [2.24, 2.45) is 0 Å². The highest BCUT2D eigenvalue weighted by atomic mass is 79.9. The van der Waals surface area contributed by atoms with E-state index in [1.807, 2.05) is 0 Å². The van der Waals surface area contributed by atoms with Crippen LogP contribution in [0.4, 0.5) is 0 Å². The van der Waals surface area contributed by atoms with Gasteiger partial charge in [-0.05, 0) is 0 Å². The molecule has 4 nitrogen and oxygen atoms in total. The van der Waals surface area contributed by atoms with Gasteiger partial charge in [0, 0.05) is 0 Å². The fraction of sp³-hybridized carbons (Fsp3) is 0. The Bertz CT molecular complexity index is 59.8. The molecule has 0 rings (SSSR count). The van der Waals surface area contributed by atoms with Crippen molar-refractivity contribution in [1.29, 1.82) is 0 Å². The molecule has 0 heterocycles. The Morgan fingerprint density at radius 3 is 0.700 bits per heavy atom. The molecule has 3 N–H and O–H groups in total. The van der Waals surface area contributed by atoms with Crippen LogP contribution in [-0.2, 0) is 4.57 Å². The summed E-state index contributed by atoms with van der Waals surface area (Å²) in [5.74, 6) is 0. The van der Waals surface area contributed by atoms with E-state index < -0.39 is 7.82 Å². The van der Waals surface area contributed by atoms with Crippen LogP contribution in [0.5, 0.6) is 0 Å². The van der Waals surface area contributed by atoms with Crippen LogP contribution < -0.4 is 0 Å². The molecular weight excluding hydrogens is 494 g/mol. The third-order valence-corrected chi connectivity index (χ3v) is 0. The summed E-state index contributed by atoms with van der Waals surface area (Å²) in [6, 6.07) is 0. The van der Waals surface area contributed by atoms with E-state index in [-0.39, 0.29) is 84.9 Å². The van der Waals surface area contributed by atoms with Crippen molar-refractivity contribution in [2.75, 3.05) is 0 Å². The van der Waals surface area contributed by atoms with Crippen LogP contribution in [0.25, 0.3) is 0 Å². The van der Waals surface area contributed by atoms with E-state index >= 15 is 0 Å². The quantitative estimate of drug-likeness (QED) is 0.378. The van der Waals surface area contributed by atoms with E-state index in [1.54, 1.807) is 0 Å². The standard InChI is InChI=1S/5Br.H3O4P/c;;;;;1-5(2,3)4/h;;;;;(H3,1,2,3,4)/q5*+1;. The average Bonchev–Trinajstić information content (AvgIpc) is 0.722. The van der Waals surface area contributed by atoms with Gasteiger partial charge >= 0.3 is 92.7 Å². The monoisotopic (exact) mass is 493 g/mol. The predicted octanol–water partition coefficient (Wildman–Crippen LogP) is -0.929. The van der Waals surface area contributed by atoms with E-state index in [4.69, 9.17) is 19.2 Å². The molecule has 0 aliphatic rings. The van der Waals surface area contributed by atoms with Crippen LogP contribution in [0, 0.1) is 84.9 Å². The zero-order valence-corrected chi connectivity index (χ0v) is 12.9. The molecule has 0 saturated heterocycles. The molecule has 0 fully saturated rings. The minimum Gasteiger partial charge on any atom is -0.303 e. The normalized spacial score (nSPS) is 5.90. The Labute approximate surface area is 111 Å². The maximum atomic E-state index is 8.88. The summed E-state index contributed by atoms with van der Waals surface area (Å²) >= 11 is 0. The minimum absolute atomic E-state index is 0. The number of halogens is 5. The first-order valence-electron chi connectivity index (χ1n) is 0.783. The summed E-state index contributed by atoms with van der Waals surface area (Å²) in [6.45, 7) is 0. The van der Waals surface area contributed by atoms with Crippen LogP contribution in [-0.4, -0.2) is 14.7 Å². The number of hydrogen-bond acceptors (Lipinski definition) is 1. The fourth-order valence-electron chi connectivity index (χ4n) is 0. The van der Waals surface area contributed by atoms with E-state index in [9.17, 15) is 0 Å². The smallest absolute Gasteiger partial charge is 0.303 e. The van der Waals surface area contributed by atoms with Crippen LogP contribution in [0.1, 0.15) is 0 Å². The molecule has 0 bridgehead atoms. The van der Waals surface area contributed by atoms with Crippen LogP contribution in [0.15, 0.2) is 0 Å². The summed E-state index contributed by atoms with van der Waals surface area (Å²) in [5.41, 5.74) is 0. The highest BCUT2D eigenvalue weighted by Crippen LogP contribution is 2.25. The Hall–Kier alpha value is 2.51. The molecule has 0 atom stereocenters. The van der Waals surface area contributed by atoms with Crippen LogP contribution in [0.2, 0.25) is 0 Å². The molecular formula is H3Br5O4P+5. The minimum atomic E-state index is -4.64. The van der Waals surface area contributed by atoms with Crippen LogP contribution in [0.3, 0.4) is 0 Å². The largest absolute Gasteiger partial charge is 1.00 e. The van der Waals surface area contributed by atoms with Gasteiger partial charge in [0.1, 0.15) is 0 Å². The molecule has 0 spiro atoms. The SMILES string of the molecule is O=P(O)(O)O.[Br+].[Br+].[Br+].[Br+].[Br+]. The van der Waals surface area contributed by atoms with Gasteiger partial charge in [0.2, 0.25) is 0 Å². The van der Waals surface area contributed by atoms with Gasteiger partial charge in [0.15, 0.2) is 0 Å². The summed E-state index contributed by atoms with van der Waals surface area (Å²) in [6.07, 6.45) is 0. The summed E-state index contributed by atoms with van der Waals surface area (Å²) < 4.78 is 8.88. The summed E-state index contributed by atoms with van der Waals surface area (Å²) in [7, 11) is -4.64. The average molecular weight is 498 g/mol. The van der Waals surface area contributed by atoms with Gasteiger partial charge in [-0.1, -0.05) is 0 Å². The van der Waals surface area contributed by atoms with Gasteiger partial charge in [-0.15, -0.1) is 0 Å². The second-order valence-corrected chi connectivity index (χ2v) is 1.54. The Kier molecular flexibility index (Phi) is 68.7. The lowest BCUT2D eigenvalue weighted by atomic mass is 15.8. The van der Waals surface area contributed by atoms with Gasteiger partial charge in [-0.25, -0.2) is 4.57 Å². The Balaban J connectivity index is -0.00000000800. The summed E-state index contributed by atoms with van der Waals surface area (Å²) in [4.78, 5) is 21.6. The molecule has 10 heavy (non-hydrogen) atoms. The fourth-order valence-corrected chi connectivity index (χ4v) is 0. The third-order valence-electron chi connectivity index (χ3n) is 0. The zero-order chi connectivity index (χ0) is 4.50. The van der Waals surface area contributed by atoms with Crippen molar-refractivity contribution in [3.05, 3.63) is 0 Å². The maximum absolute atomic E-state index is 8.88.